The SMILES string of the molecule is CC1(c2noc(COc3ccccc3)n2)CCCN(C(=O)c2ncccn2)C1. The number of carbonyl (C=O) groups is 1. The second kappa shape index (κ2) is 7.75. The second-order valence-corrected chi connectivity index (χ2v) is 7.08. The first-order chi connectivity index (χ1) is 13.6. The molecule has 0 aliphatic carbocycles. The highest BCUT2D eigenvalue weighted by Crippen LogP contribution is 2.32. The van der Waals surface area contributed by atoms with Gasteiger partial charge in [0.05, 0.1) is 0 Å². The fraction of sp³-hybridized carbons (Fsp3) is 0.350. The van der Waals surface area contributed by atoms with Crippen LogP contribution in [-0.4, -0.2) is 44.0 Å². The molecule has 0 N–H and O–H groups in total. The molecule has 2 aromatic heterocycles. The summed E-state index contributed by atoms with van der Waals surface area (Å²) in [6.07, 6.45) is 4.85. The number of carbonyl (C=O) groups excluding carboxylic acids is 1. The maximum absolute atomic E-state index is 12.7. The summed E-state index contributed by atoms with van der Waals surface area (Å²) in [5.41, 5.74) is -0.392. The van der Waals surface area contributed by atoms with E-state index in [1.54, 1.807) is 23.4 Å². The number of ether oxygens (including phenoxy) is 1. The zero-order valence-electron chi connectivity index (χ0n) is 15.6. The van der Waals surface area contributed by atoms with Gasteiger partial charge in [0, 0.05) is 30.9 Å². The van der Waals surface area contributed by atoms with Crippen molar-refractivity contribution in [2.24, 2.45) is 0 Å². The first kappa shape index (κ1) is 18.1. The van der Waals surface area contributed by atoms with E-state index in [0.717, 1.165) is 18.6 Å². The summed E-state index contributed by atoms with van der Waals surface area (Å²) in [6.45, 7) is 3.40. The van der Waals surface area contributed by atoms with Crippen molar-refractivity contribution in [3.05, 3.63) is 66.3 Å². The molecule has 8 heteroatoms. The number of nitrogens with zero attached hydrogens (tertiary/aromatic N) is 5. The molecule has 3 aromatic rings. The highest BCUT2D eigenvalue weighted by molar-refractivity contribution is 5.90. The first-order valence-electron chi connectivity index (χ1n) is 9.21. The van der Waals surface area contributed by atoms with Gasteiger partial charge in [-0.25, -0.2) is 9.97 Å². The molecule has 4 rings (SSSR count). The molecular weight excluding hydrogens is 358 g/mol. The van der Waals surface area contributed by atoms with E-state index in [1.165, 1.54) is 0 Å². The number of likely N-dealkylation sites (tertiary alicyclic amines) is 1. The van der Waals surface area contributed by atoms with Gasteiger partial charge >= 0.3 is 0 Å². The van der Waals surface area contributed by atoms with Crippen molar-refractivity contribution in [1.82, 2.24) is 25.0 Å². The van der Waals surface area contributed by atoms with Gasteiger partial charge in [-0.3, -0.25) is 4.79 Å². The third-order valence-corrected chi connectivity index (χ3v) is 4.85. The van der Waals surface area contributed by atoms with Crippen LogP contribution in [0.2, 0.25) is 0 Å². The summed E-state index contributed by atoms with van der Waals surface area (Å²) in [6, 6.07) is 11.2. The summed E-state index contributed by atoms with van der Waals surface area (Å²) in [5, 5.41) is 4.16. The molecule has 1 fully saturated rings. The molecule has 1 atom stereocenters. The predicted octanol–water partition coefficient (Wildman–Crippen LogP) is 2.63. The molecule has 1 aliphatic rings. The zero-order valence-corrected chi connectivity index (χ0v) is 15.6. The van der Waals surface area contributed by atoms with Crippen molar-refractivity contribution in [2.45, 2.75) is 31.8 Å². The highest BCUT2D eigenvalue weighted by atomic mass is 16.5. The van der Waals surface area contributed by atoms with Crippen LogP contribution in [0.15, 0.2) is 53.3 Å². The van der Waals surface area contributed by atoms with Gasteiger partial charge in [-0.05, 0) is 31.0 Å². The van der Waals surface area contributed by atoms with Crippen LogP contribution in [0.5, 0.6) is 5.75 Å². The molecule has 1 amide bonds. The zero-order chi connectivity index (χ0) is 19.4. The van der Waals surface area contributed by atoms with Gasteiger partial charge in [-0.15, -0.1) is 0 Å². The lowest BCUT2D eigenvalue weighted by Gasteiger charge is -2.38. The average Bonchev–Trinajstić information content (AvgIpc) is 3.23. The average molecular weight is 379 g/mol. The van der Waals surface area contributed by atoms with E-state index in [2.05, 4.69) is 20.1 Å². The van der Waals surface area contributed by atoms with Crippen molar-refractivity contribution < 1.29 is 14.1 Å². The lowest BCUT2D eigenvalue weighted by molar-refractivity contribution is 0.0629. The van der Waals surface area contributed by atoms with Crippen molar-refractivity contribution in [3.8, 4) is 5.75 Å². The van der Waals surface area contributed by atoms with E-state index in [9.17, 15) is 4.79 Å². The van der Waals surface area contributed by atoms with Gasteiger partial charge in [0.25, 0.3) is 11.8 Å². The second-order valence-electron chi connectivity index (χ2n) is 7.08. The quantitative estimate of drug-likeness (QED) is 0.672. The third kappa shape index (κ3) is 3.85. The number of rotatable bonds is 5. The minimum Gasteiger partial charge on any atom is -0.484 e. The molecule has 1 saturated heterocycles. The Bertz CT molecular complexity index is 931. The van der Waals surface area contributed by atoms with E-state index in [-0.39, 0.29) is 18.3 Å². The Balaban J connectivity index is 1.44. The maximum Gasteiger partial charge on any atom is 0.291 e. The topological polar surface area (TPSA) is 94.2 Å². The van der Waals surface area contributed by atoms with Gasteiger partial charge in [0.1, 0.15) is 5.75 Å². The number of hydrogen-bond donors (Lipinski definition) is 0. The van der Waals surface area contributed by atoms with Gasteiger partial charge in [0.15, 0.2) is 12.4 Å². The van der Waals surface area contributed by atoms with Gasteiger partial charge in [-0.1, -0.05) is 30.3 Å². The Kier molecular flexibility index (Phi) is 5.01. The fourth-order valence-electron chi connectivity index (χ4n) is 3.37. The molecule has 1 aromatic carbocycles. The Labute approximate surface area is 162 Å². The van der Waals surface area contributed by atoms with Crippen LogP contribution in [-0.2, 0) is 12.0 Å². The molecule has 8 nitrogen and oxygen atoms in total. The number of aromatic nitrogens is 4. The molecule has 28 heavy (non-hydrogen) atoms. The van der Waals surface area contributed by atoms with Crippen molar-refractivity contribution >= 4 is 5.91 Å². The molecule has 0 spiro atoms. The van der Waals surface area contributed by atoms with Gasteiger partial charge < -0.3 is 14.2 Å². The standard InChI is InChI=1S/C20H21N5O3/c1-20(9-5-12-25(14-20)18(26)17-21-10-6-11-22-17)19-23-16(28-24-19)13-27-15-7-3-2-4-8-15/h2-4,6-8,10-11H,5,9,12-14H2,1H3. The van der Waals surface area contributed by atoms with E-state index >= 15 is 0 Å². The number of piperidine rings is 1. The van der Waals surface area contributed by atoms with Crippen LogP contribution in [0, 0.1) is 0 Å². The summed E-state index contributed by atoms with van der Waals surface area (Å²) in [5.74, 6) is 1.77. The van der Waals surface area contributed by atoms with Crippen molar-refractivity contribution in [1.29, 1.82) is 0 Å². The van der Waals surface area contributed by atoms with Crippen LogP contribution < -0.4 is 4.74 Å². The van der Waals surface area contributed by atoms with Gasteiger partial charge in [0.2, 0.25) is 5.82 Å². The summed E-state index contributed by atoms with van der Waals surface area (Å²) < 4.78 is 11.0. The normalized spacial score (nSPS) is 19.4. The van der Waals surface area contributed by atoms with E-state index in [4.69, 9.17) is 9.26 Å². The Morgan fingerprint density at radius 2 is 2.00 bits per heavy atom. The van der Waals surface area contributed by atoms with Crippen LogP contribution in [0.1, 0.15) is 42.1 Å². The minimum atomic E-state index is -0.392. The monoisotopic (exact) mass is 379 g/mol. The number of para-hydroxylation sites is 1. The number of amides is 1. The maximum atomic E-state index is 12.7. The van der Waals surface area contributed by atoms with E-state index in [1.807, 2.05) is 37.3 Å². The predicted molar refractivity (Wildman–Crippen MR) is 99.6 cm³/mol. The fourth-order valence-corrected chi connectivity index (χ4v) is 3.37. The van der Waals surface area contributed by atoms with Gasteiger partial charge in [-0.2, -0.15) is 4.98 Å². The van der Waals surface area contributed by atoms with Crippen molar-refractivity contribution in [3.63, 3.8) is 0 Å². The molecule has 0 bridgehead atoms. The Morgan fingerprint density at radius 1 is 1.21 bits per heavy atom. The lowest BCUT2D eigenvalue weighted by Crippen LogP contribution is -2.48. The number of hydrogen-bond acceptors (Lipinski definition) is 7. The molecule has 144 valence electrons. The summed E-state index contributed by atoms with van der Waals surface area (Å²) >= 11 is 0. The lowest BCUT2D eigenvalue weighted by atomic mass is 9.81. The minimum absolute atomic E-state index is 0.178. The van der Waals surface area contributed by atoms with E-state index in [0.29, 0.717) is 24.8 Å². The largest absolute Gasteiger partial charge is 0.484 e. The summed E-state index contributed by atoms with van der Waals surface area (Å²) in [4.78, 5) is 27.1. The molecule has 1 unspecified atom stereocenters. The van der Waals surface area contributed by atoms with Crippen LogP contribution in [0.4, 0.5) is 0 Å². The van der Waals surface area contributed by atoms with Crippen LogP contribution >= 0.6 is 0 Å². The number of benzene rings is 1. The molecule has 0 radical (unpaired) electrons. The smallest absolute Gasteiger partial charge is 0.291 e. The Morgan fingerprint density at radius 3 is 2.79 bits per heavy atom. The molecule has 0 saturated carbocycles. The van der Waals surface area contributed by atoms with Crippen LogP contribution in [0.25, 0.3) is 0 Å². The molecular formula is C20H21N5O3. The van der Waals surface area contributed by atoms with E-state index < -0.39 is 5.41 Å². The van der Waals surface area contributed by atoms with Crippen LogP contribution in [0.3, 0.4) is 0 Å². The van der Waals surface area contributed by atoms with Crippen molar-refractivity contribution in [2.75, 3.05) is 13.1 Å². The highest BCUT2D eigenvalue weighted by Gasteiger charge is 2.39. The molecule has 3 heterocycles. The molecule has 1 aliphatic heterocycles. The summed E-state index contributed by atoms with van der Waals surface area (Å²) in [7, 11) is 0. The third-order valence-electron chi connectivity index (χ3n) is 4.85. The Hall–Kier alpha value is -3.29. The first-order valence-corrected chi connectivity index (χ1v) is 9.21.